The van der Waals surface area contributed by atoms with Crippen LogP contribution in [-0.4, -0.2) is 14.9 Å². The third-order valence-electron chi connectivity index (χ3n) is 4.40. The Morgan fingerprint density at radius 1 is 1.20 bits per heavy atom. The van der Waals surface area contributed by atoms with Crippen molar-refractivity contribution >= 4 is 39.4 Å². The highest BCUT2D eigenvalue weighted by atomic mass is 32.1. The zero-order chi connectivity index (χ0) is 17.4. The first-order valence-electron chi connectivity index (χ1n) is 8.09. The molecule has 0 radical (unpaired) electrons. The minimum atomic E-state index is -0.424. The van der Waals surface area contributed by atoms with Gasteiger partial charge in [0.2, 0.25) is 0 Å². The minimum Gasteiger partial charge on any atom is -0.306 e. The number of fused-ring (bicyclic) bond motifs is 3. The number of aromatic amines is 1. The number of H-pyrrole nitrogens is 1. The Balaban J connectivity index is 1.76. The van der Waals surface area contributed by atoms with E-state index in [1.54, 1.807) is 41.7 Å². The van der Waals surface area contributed by atoms with Crippen LogP contribution in [0, 0.1) is 10.1 Å². The molecule has 3 aromatic rings. The second-order valence-corrected chi connectivity index (χ2v) is 7.08. The Bertz CT molecular complexity index is 1070. The molecule has 0 atom stereocenters. The smallest absolute Gasteiger partial charge is 0.276 e. The first-order chi connectivity index (χ1) is 12.1. The summed E-state index contributed by atoms with van der Waals surface area (Å²) in [7, 11) is 0. The molecule has 6 nitrogen and oxygen atoms in total. The van der Waals surface area contributed by atoms with Crippen molar-refractivity contribution in [1.82, 2.24) is 9.97 Å². The van der Waals surface area contributed by atoms with Gasteiger partial charge in [0.15, 0.2) is 0 Å². The van der Waals surface area contributed by atoms with Crippen LogP contribution in [0.3, 0.4) is 0 Å². The van der Waals surface area contributed by atoms with Crippen molar-refractivity contribution < 1.29 is 4.92 Å². The number of hydrogen-bond donors (Lipinski definition) is 1. The van der Waals surface area contributed by atoms with Crippen molar-refractivity contribution in [3.63, 3.8) is 0 Å². The van der Waals surface area contributed by atoms with E-state index in [1.807, 2.05) is 0 Å². The van der Waals surface area contributed by atoms with Gasteiger partial charge in [0.05, 0.1) is 15.9 Å². The molecule has 4 rings (SSSR count). The lowest BCUT2D eigenvalue weighted by atomic mass is 9.97. The van der Waals surface area contributed by atoms with Crippen molar-refractivity contribution in [3.8, 4) is 0 Å². The third kappa shape index (κ3) is 2.87. The summed E-state index contributed by atoms with van der Waals surface area (Å²) in [6, 6.07) is 6.47. The van der Waals surface area contributed by atoms with Crippen molar-refractivity contribution in [3.05, 3.63) is 66.6 Å². The van der Waals surface area contributed by atoms with Gasteiger partial charge in [-0.2, -0.15) is 0 Å². The minimum absolute atomic E-state index is 0.0220. The number of rotatable bonds is 3. The molecule has 2 aromatic heterocycles. The molecule has 0 amide bonds. The van der Waals surface area contributed by atoms with E-state index in [1.165, 1.54) is 10.9 Å². The summed E-state index contributed by atoms with van der Waals surface area (Å²) in [5, 5.41) is 11.8. The fraction of sp³-hybridized carbons (Fsp3) is 0.222. The van der Waals surface area contributed by atoms with Crippen LogP contribution < -0.4 is 5.56 Å². The van der Waals surface area contributed by atoms with Crippen LogP contribution in [0.25, 0.3) is 22.4 Å². The van der Waals surface area contributed by atoms with Crippen molar-refractivity contribution in [1.29, 1.82) is 0 Å². The zero-order valence-corrected chi connectivity index (χ0v) is 14.1. The van der Waals surface area contributed by atoms with Crippen LogP contribution in [0.1, 0.15) is 34.7 Å². The Labute approximate surface area is 147 Å². The van der Waals surface area contributed by atoms with E-state index in [0.29, 0.717) is 16.8 Å². The van der Waals surface area contributed by atoms with E-state index < -0.39 is 4.92 Å². The Hall–Kier alpha value is -2.80. The number of aromatic nitrogens is 2. The fourth-order valence-electron chi connectivity index (χ4n) is 3.22. The quantitative estimate of drug-likeness (QED) is 0.570. The molecule has 1 aliphatic rings. The number of aryl methyl sites for hydroxylation is 2. The highest BCUT2D eigenvalue weighted by Crippen LogP contribution is 2.33. The van der Waals surface area contributed by atoms with Crippen molar-refractivity contribution in [2.24, 2.45) is 0 Å². The van der Waals surface area contributed by atoms with Gasteiger partial charge in [-0.15, -0.1) is 11.3 Å². The summed E-state index contributed by atoms with van der Waals surface area (Å²) in [4.78, 5) is 32.5. The number of para-hydroxylation sites is 1. The Kier molecular flexibility index (Phi) is 3.93. The van der Waals surface area contributed by atoms with Gasteiger partial charge in [-0.05, 0) is 49.5 Å². The number of thiophene rings is 1. The SMILES string of the molecule is O=c1[nH]c(/C=C/c2ccccc2[N+](=O)[O-])nc2sc3c(c12)CCCC3. The third-order valence-corrected chi connectivity index (χ3v) is 5.58. The lowest BCUT2D eigenvalue weighted by Crippen LogP contribution is -2.11. The van der Waals surface area contributed by atoms with Crippen LogP contribution in [0.4, 0.5) is 5.69 Å². The number of nitrogens with zero attached hydrogens (tertiary/aromatic N) is 2. The predicted molar refractivity (Wildman–Crippen MR) is 98.9 cm³/mol. The summed E-state index contributed by atoms with van der Waals surface area (Å²) in [6.45, 7) is 0. The molecule has 0 bridgehead atoms. The normalized spacial score (nSPS) is 14.1. The molecule has 7 heteroatoms. The standard InChI is InChI=1S/C18H15N3O3S/c22-17-16-12-6-2-4-8-14(12)25-18(16)20-15(19-17)10-9-11-5-1-3-7-13(11)21(23)24/h1,3,5,7,9-10H,2,4,6,8H2,(H,19,20,22)/b10-9+. The predicted octanol–water partition coefficient (Wildman–Crippen LogP) is 3.94. The molecule has 0 unspecified atom stereocenters. The van der Waals surface area contributed by atoms with E-state index in [2.05, 4.69) is 9.97 Å². The van der Waals surface area contributed by atoms with Crippen molar-refractivity contribution in [2.45, 2.75) is 25.7 Å². The van der Waals surface area contributed by atoms with E-state index >= 15 is 0 Å². The fourth-order valence-corrected chi connectivity index (χ4v) is 4.49. The molecule has 1 aliphatic carbocycles. The van der Waals surface area contributed by atoms with E-state index in [0.717, 1.165) is 36.1 Å². The lowest BCUT2D eigenvalue weighted by Gasteiger charge is -2.09. The second kappa shape index (κ2) is 6.25. The molecule has 0 saturated carbocycles. The topological polar surface area (TPSA) is 88.9 Å². The molecule has 126 valence electrons. The monoisotopic (exact) mass is 353 g/mol. The highest BCUT2D eigenvalue weighted by molar-refractivity contribution is 7.18. The number of hydrogen-bond acceptors (Lipinski definition) is 5. The summed E-state index contributed by atoms with van der Waals surface area (Å²) in [6.07, 6.45) is 7.43. The summed E-state index contributed by atoms with van der Waals surface area (Å²) in [5.74, 6) is 0.411. The lowest BCUT2D eigenvalue weighted by molar-refractivity contribution is -0.385. The van der Waals surface area contributed by atoms with Crippen molar-refractivity contribution in [2.75, 3.05) is 0 Å². The molecule has 2 heterocycles. The molecule has 0 fully saturated rings. The van der Waals surface area contributed by atoms with Crippen LogP contribution in [0.2, 0.25) is 0 Å². The average molecular weight is 353 g/mol. The van der Waals surface area contributed by atoms with E-state index in [9.17, 15) is 14.9 Å². The molecule has 0 spiro atoms. The maximum atomic E-state index is 12.5. The van der Waals surface area contributed by atoms with Gasteiger partial charge in [0.1, 0.15) is 10.7 Å². The van der Waals surface area contributed by atoms with Gasteiger partial charge in [0.25, 0.3) is 11.2 Å². The molecule has 25 heavy (non-hydrogen) atoms. The van der Waals surface area contributed by atoms with Gasteiger partial charge in [0, 0.05) is 10.9 Å². The van der Waals surface area contributed by atoms with Crippen LogP contribution in [-0.2, 0) is 12.8 Å². The second-order valence-electron chi connectivity index (χ2n) is 5.99. The summed E-state index contributed by atoms with van der Waals surface area (Å²) >= 11 is 1.58. The van der Waals surface area contributed by atoms with Crippen LogP contribution in [0.15, 0.2) is 29.1 Å². The highest BCUT2D eigenvalue weighted by Gasteiger charge is 2.19. The Morgan fingerprint density at radius 2 is 2.00 bits per heavy atom. The van der Waals surface area contributed by atoms with Gasteiger partial charge in [-0.3, -0.25) is 14.9 Å². The molecular formula is C18H15N3O3S. The molecular weight excluding hydrogens is 338 g/mol. The zero-order valence-electron chi connectivity index (χ0n) is 13.3. The average Bonchev–Trinajstić information content (AvgIpc) is 2.99. The maximum absolute atomic E-state index is 12.5. The molecule has 0 saturated heterocycles. The first kappa shape index (κ1) is 15.7. The van der Waals surface area contributed by atoms with E-state index in [4.69, 9.17) is 0 Å². The summed E-state index contributed by atoms with van der Waals surface area (Å²) in [5.41, 5.74) is 1.51. The van der Waals surface area contributed by atoms with Crippen LogP contribution >= 0.6 is 11.3 Å². The maximum Gasteiger partial charge on any atom is 0.276 e. The molecule has 1 aromatic carbocycles. The first-order valence-corrected chi connectivity index (χ1v) is 8.91. The number of nitro groups is 1. The summed E-state index contributed by atoms with van der Waals surface area (Å²) < 4.78 is 0. The molecule has 1 N–H and O–H groups in total. The van der Waals surface area contributed by atoms with Gasteiger partial charge in [-0.25, -0.2) is 4.98 Å². The number of nitrogens with one attached hydrogen (secondary N) is 1. The number of nitro benzene ring substituents is 1. The van der Waals surface area contributed by atoms with Crippen LogP contribution in [0.5, 0.6) is 0 Å². The number of benzene rings is 1. The largest absolute Gasteiger partial charge is 0.306 e. The molecule has 0 aliphatic heterocycles. The van der Waals surface area contributed by atoms with Gasteiger partial charge in [-0.1, -0.05) is 12.1 Å². The Morgan fingerprint density at radius 3 is 2.84 bits per heavy atom. The van der Waals surface area contributed by atoms with Gasteiger partial charge < -0.3 is 4.98 Å². The van der Waals surface area contributed by atoms with E-state index in [-0.39, 0.29) is 11.2 Å². The van der Waals surface area contributed by atoms with Gasteiger partial charge >= 0.3 is 0 Å².